The quantitative estimate of drug-likeness (QED) is 0.453. The number of hydrogen-bond acceptors (Lipinski definition) is 4. The summed E-state index contributed by atoms with van der Waals surface area (Å²) in [5.74, 6) is -0.948. The number of nitrogens with one attached hydrogen (secondary N) is 1. The molecule has 0 unspecified atom stereocenters. The van der Waals surface area contributed by atoms with Crippen molar-refractivity contribution in [3.8, 4) is 0 Å². The van der Waals surface area contributed by atoms with Crippen molar-refractivity contribution in [1.82, 2.24) is 5.32 Å². The summed E-state index contributed by atoms with van der Waals surface area (Å²) in [5.41, 5.74) is 6.45. The third-order valence-electron chi connectivity index (χ3n) is 7.40. The second-order valence-corrected chi connectivity index (χ2v) is 10.8. The summed E-state index contributed by atoms with van der Waals surface area (Å²) in [6, 6.07) is 9.33. The fourth-order valence-corrected chi connectivity index (χ4v) is 5.76. The number of urea groups is 1. The van der Waals surface area contributed by atoms with E-state index in [1.54, 1.807) is 18.2 Å². The van der Waals surface area contributed by atoms with Gasteiger partial charge in [-0.3, -0.25) is 14.9 Å². The SMILES string of the molecule is Cc1cc2c(cc1/C=C1\C(=O)NC(=O)N(c3cccc(C)c3C)C1=O)[C@@H](C)CC(C)(C)N2C(C)C. The lowest BCUT2D eigenvalue weighted by molar-refractivity contribution is -0.122. The van der Waals surface area contributed by atoms with Crippen LogP contribution >= 0.6 is 0 Å². The Hall–Kier alpha value is -3.41. The Bertz CT molecular complexity index is 1270. The number of carbonyl (C=O) groups excluding carboxylic acids is 3. The van der Waals surface area contributed by atoms with Gasteiger partial charge in [-0.25, -0.2) is 9.69 Å². The molecule has 0 radical (unpaired) electrons. The number of aryl methyl sites for hydroxylation is 2. The zero-order valence-electron chi connectivity index (χ0n) is 21.9. The Morgan fingerprint density at radius 2 is 1.71 bits per heavy atom. The Balaban J connectivity index is 1.81. The summed E-state index contributed by atoms with van der Waals surface area (Å²) in [5, 5.41) is 2.35. The summed E-state index contributed by atoms with van der Waals surface area (Å²) in [4.78, 5) is 42.5. The number of fused-ring (bicyclic) bond motifs is 1. The van der Waals surface area contributed by atoms with Gasteiger partial charge in [0.2, 0.25) is 0 Å². The van der Waals surface area contributed by atoms with Gasteiger partial charge in [0.15, 0.2) is 0 Å². The van der Waals surface area contributed by atoms with Crippen molar-refractivity contribution in [2.45, 2.75) is 79.3 Å². The van der Waals surface area contributed by atoms with Crippen LogP contribution in [0.1, 0.15) is 74.8 Å². The van der Waals surface area contributed by atoms with E-state index in [0.29, 0.717) is 17.6 Å². The molecule has 0 bridgehead atoms. The van der Waals surface area contributed by atoms with Crippen LogP contribution in [0.3, 0.4) is 0 Å². The Labute approximate surface area is 208 Å². The van der Waals surface area contributed by atoms with E-state index >= 15 is 0 Å². The first-order chi connectivity index (χ1) is 16.3. The molecule has 2 aromatic rings. The molecule has 35 heavy (non-hydrogen) atoms. The van der Waals surface area contributed by atoms with Crippen molar-refractivity contribution < 1.29 is 14.4 Å². The summed E-state index contributed by atoms with van der Waals surface area (Å²) in [7, 11) is 0. The Morgan fingerprint density at radius 1 is 1.03 bits per heavy atom. The van der Waals surface area contributed by atoms with Gasteiger partial charge in [-0.15, -0.1) is 0 Å². The Morgan fingerprint density at radius 3 is 2.37 bits per heavy atom. The normalized spacial score (nSPS) is 21.0. The predicted octanol–water partition coefficient (Wildman–Crippen LogP) is 5.78. The minimum absolute atomic E-state index is 0.0266. The summed E-state index contributed by atoms with van der Waals surface area (Å²) in [6.45, 7) is 17.0. The van der Waals surface area contributed by atoms with Crippen molar-refractivity contribution in [1.29, 1.82) is 0 Å². The number of carbonyl (C=O) groups is 3. The third kappa shape index (κ3) is 4.15. The second-order valence-electron chi connectivity index (χ2n) is 10.8. The number of anilines is 2. The number of hydrogen-bond donors (Lipinski definition) is 1. The largest absolute Gasteiger partial charge is 0.364 e. The van der Waals surface area contributed by atoms with Crippen molar-refractivity contribution >= 4 is 35.3 Å². The van der Waals surface area contributed by atoms with Gasteiger partial charge in [-0.1, -0.05) is 19.1 Å². The third-order valence-corrected chi connectivity index (χ3v) is 7.40. The average Bonchev–Trinajstić information content (AvgIpc) is 2.73. The monoisotopic (exact) mass is 473 g/mol. The molecule has 6 heteroatoms. The van der Waals surface area contributed by atoms with E-state index in [0.717, 1.165) is 33.6 Å². The van der Waals surface area contributed by atoms with Gasteiger partial charge < -0.3 is 4.90 Å². The number of benzene rings is 2. The first-order valence-electron chi connectivity index (χ1n) is 12.2. The van der Waals surface area contributed by atoms with Crippen LogP contribution in [0.2, 0.25) is 0 Å². The van der Waals surface area contributed by atoms with E-state index in [1.807, 2.05) is 26.8 Å². The van der Waals surface area contributed by atoms with Gasteiger partial charge in [-0.2, -0.15) is 0 Å². The summed E-state index contributed by atoms with van der Waals surface area (Å²) < 4.78 is 0. The molecule has 184 valence electrons. The van der Waals surface area contributed by atoms with Crippen LogP contribution in [0, 0.1) is 20.8 Å². The average molecular weight is 474 g/mol. The summed E-state index contributed by atoms with van der Waals surface area (Å²) in [6.07, 6.45) is 2.63. The second kappa shape index (κ2) is 8.67. The molecular weight excluding hydrogens is 438 g/mol. The predicted molar refractivity (Wildman–Crippen MR) is 141 cm³/mol. The zero-order valence-corrected chi connectivity index (χ0v) is 21.9. The molecule has 2 heterocycles. The lowest BCUT2D eigenvalue weighted by Gasteiger charge is -2.50. The fourth-order valence-electron chi connectivity index (χ4n) is 5.76. The van der Waals surface area contributed by atoms with Crippen LogP contribution in [0.25, 0.3) is 6.08 Å². The highest BCUT2D eigenvalue weighted by Gasteiger charge is 2.39. The van der Waals surface area contributed by atoms with Gasteiger partial charge >= 0.3 is 6.03 Å². The van der Waals surface area contributed by atoms with Crippen LogP contribution in [0.4, 0.5) is 16.2 Å². The van der Waals surface area contributed by atoms with E-state index in [4.69, 9.17) is 0 Å². The molecule has 4 amide bonds. The van der Waals surface area contributed by atoms with Gasteiger partial charge in [0, 0.05) is 17.3 Å². The molecular formula is C29H35N3O3. The molecule has 4 rings (SSSR count). The van der Waals surface area contributed by atoms with Crippen molar-refractivity contribution in [3.05, 3.63) is 63.7 Å². The van der Waals surface area contributed by atoms with E-state index in [-0.39, 0.29) is 11.1 Å². The van der Waals surface area contributed by atoms with E-state index in [9.17, 15) is 14.4 Å². The highest BCUT2D eigenvalue weighted by molar-refractivity contribution is 6.39. The van der Waals surface area contributed by atoms with Crippen LogP contribution in [-0.4, -0.2) is 29.4 Å². The van der Waals surface area contributed by atoms with Gasteiger partial charge in [0.05, 0.1) is 5.69 Å². The number of rotatable bonds is 3. The van der Waals surface area contributed by atoms with Gasteiger partial charge in [0.25, 0.3) is 11.8 Å². The van der Waals surface area contributed by atoms with E-state index in [1.165, 1.54) is 11.3 Å². The topological polar surface area (TPSA) is 69.7 Å². The maximum absolute atomic E-state index is 13.5. The molecule has 0 spiro atoms. The van der Waals surface area contributed by atoms with Crippen LogP contribution in [-0.2, 0) is 9.59 Å². The van der Waals surface area contributed by atoms with E-state index in [2.05, 4.69) is 57.0 Å². The fraction of sp³-hybridized carbons (Fsp3) is 0.414. The molecule has 0 aromatic heterocycles. The molecule has 1 saturated heterocycles. The molecule has 0 saturated carbocycles. The highest BCUT2D eigenvalue weighted by Crippen LogP contribution is 2.45. The highest BCUT2D eigenvalue weighted by atomic mass is 16.2. The molecule has 1 N–H and O–H groups in total. The lowest BCUT2D eigenvalue weighted by atomic mass is 9.78. The minimum Gasteiger partial charge on any atom is -0.364 e. The van der Waals surface area contributed by atoms with Crippen molar-refractivity contribution in [2.24, 2.45) is 0 Å². The number of imide groups is 2. The van der Waals surface area contributed by atoms with Crippen LogP contribution in [0.15, 0.2) is 35.9 Å². The first kappa shape index (κ1) is 24.7. The molecule has 2 aliphatic rings. The Kier molecular flexibility index (Phi) is 6.12. The zero-order chi connectivity index (χ0) is 25.8. The van der Waals surface area contributed by atoms with Crippen molar-refractivity contribution in [3.63, 3.8) is 0 Å². The maximum atomic E-state index is 13.5. The lowest BCUT2D eigenvalue weighted by Crippen LogP contribution is -2.54. The number of barbiturate groups is 1. The smallest absolute Gasteiger partial charge is 0.335 e. The first-order valence-corrected chi connectivity index (χ1v) is 12.2. The molecule has 6 nitrogen and oxygen atoms in total. The number of nitrogens with zero attached hydrogens (tertiary/aromatic N) is 2. The molecule has 1 fully saturated rings. The molecule has 2 aliphatic heterocycles. The van der Waals surface area contributed by atoms with Gasteiger partial charge in [0.1, 0.15) is 5.57 Å². The van der Waals surface area contributed by atoms with E-state index < -0.39 is 17.8 Å². The maximum Gasteiger partial charge on any atom is 0.335 e. The van der Waals surface area contributed by atoms with Crippen molar-refractivity contribution in [2.75, 3.05) is 9.80 Å². The van der Waals surface area contributed by atoms with Crippen LogP contribution < -0.4 is 15.1 Å². The number of amides is 4. The van der Waals surface area contributed by atoms with Gasteiger partial charge in [-0.05, 0) is 113 Å². The molecule has 1 atom stereocenters. The van der Waals surface area contributed by atoms with Crippen LogP contribution in [0.5, 0.6) is 0 Å². The summed E-state index contributed by atoms with van der Waals surface area (Å²) >= 11 is 0. The molecule has 0 aliphatic carbocycles. The standard InChI is InChI=1S/C29H35N3O3/c1-16(2)32-25-12-18(4)21(13-22(25)19(5)15-29(32,7)8)14-23-26(33)30-28(35)31(27(23)34)24-11-9-10-17(3)20(24)6/h9-14,16,19H,15H2,1-8H3,(H,30,33,35)/b23-14+/t19-/m0/s1. The minimum atomic E-state index is -0.726. The molecule has 2 aromatic carbocycles.